The minimum absolute atomic E-state index is 0.0509. The lowest BCUT2D eigenvalue weighted by molar-refractivity contribution is 0.0539. The lowest BCUT2D eigenvalue weighted by atomic mass is 9.86. The van der Waals surface area contributed by atoms with Crippen LogP contribution in [-0.2, 0) is 13.0 Å². The zero-order valence-electron chi connectivity index (χ0n) is 12.1. The van der Waals surface area contributed by atoms with Gasteiger partial charge in [-0.1, -0.05) is 32.4 Å². The average Bonchev–Trinajstić information content (AvgIpc) is 2.55. The van der Waals surface area contributed by atoms with Gasteiger partial charge in [0.25, 0.3) is 0 Å². The molecule has 1 atom stereocenters. The van der Waals surface area contributed by atoms with E-state index in [1.54, 1.807) is 0 Å². The van der Waals surface area contributed by atoms with Gasteiger partial charge in [-0.25, -0.2) is 0 Å². The van der Waals surface area contributed by atoms with E-state index in [0.717, 1.165) is 42.2 Å². The van der Waals surface area contributed by atoms with Crippen LogP contribution in [0.4, 0.5) is 0 Å². The minimum Gasteiger partial charge on any atom is -0.393 e. The first kappa shape index (κ1) is 15.5. The highest BCUT2D eigenvalue weighted by molar-refractivity contribution is 6.31. The zero-order valence-corrected chi connectivity index (χ0v) is 12.9. The van der Waals surface area contributed by atoms with E-state index >= 15 is 0 Å². The molecular formula is C14H25ClN2O. The molecule has 1 rings (SSSR count). The fraction of sp³-hybridized carbons (Fsp3) is 0.786. The average molecular weight is 273 g/mol. The van der Waals surface area contributed by atoms with E-state index in [1.807, 2.05) is 11.6 Å². The van der Waals surface area contributed by atoms with Crippen molar-refractivity contribution in [3.05, 3.63) is 16.4 Å². The third kappa shape index (κ3) is 3.72. The molecule has 4 heteroatoms. The van der Waals surface area contributed by atoms with Crippen molar-refractivity contribution in [2.24, 2.45) is 5.41 Å². The van der Waals surface area contributed by atoms with Crippen LogP contribution < -0.4 is 0 Å². The Morgan fingerprint density at radius 2 is 2.00 bits per heavy atom. The van der Waals surface area contributed by atoms with Crippen molar-refractivity contribution in [2.45, 2.75) is 66.5 Å². The molecule has 1 N–H and O–H groups in total. The Bertz CT molecular complexity index is 393. The molecule has 1 heterocycles. The first-order chi connectivity index (χ1) is 8.27. The van der Waals surface area contributed by atoms with E-state index in [-0.39, 0.29) is 11.5 Å². The minimum atomic E-state index is -0.268. The fourth-order valence-corrected chi connectivity index (χ4v) is 2.23. The van der Waals surface area contributed by atoms with Crippen LogP contribution in [0.2, 0.25) is 5.02 Å². The maximum absolute atomic E-state index is 10.0. The summed E-state index contributed by atoms with van der Waals surface area (Å²) in [4.78, 5) is 0. The summed E-state index contributed by atoms with van der Waals surface area (Å²) >= 11 is 6.25. The van der Waals surface area contributed by atoms with Crippen molar-refractivity contribution in [2.75, 3.05) is 0 Å². The zero-order chi connectivity index (χ0) is 13.9. The van der Waals surface area contributed by atoms with E-state index in [1.165, 1.54) is 0 Å². The van der Waals surface area contributed by atoms with Crippen molar-refractivity contribution in [3.8, 4) is 0 Å². The maximum Gasteiger partial charge on any atom is 0.0847 e. The topological polar surface area (TPSA) is 38.0 Å². The third-order valence-electron chi connectivity index (χ3n) is 3.34. The predicted molar refractivity (Wildman–Crippen MR) is 76.0 cm³/mol. The Morgan fingerprint density at radius 3 is 2.50 bits per heavy atom. The van der Waals surface area contributed by atoms with Gasteiger partial charge < -0.3 is 5.11 Å². The molecule has 0 aliphatic carbocycles. The van der Waals surface area contributed by atoms with E-state index in [9.17, 15) is 5.11 Å². The number of halogens is 1. The Balaban J connectivity index is 2.59. The van der Waals surface area contributed by atoms with E-state index < -0.39 is 0 Å². The quantitative estimate of drug-likeness (QED) is 0.889. The highest BCUT2D eigenvalue weighted by atomic mass is 35.5. The number of nitrogens with zero attached hydrogens (tertiary/aromatic N) is 2. The molecule has 0 aromatic carbocycles. The Hall–Kier alpha value is -0.540. The highest BCUT2D eigenvalue weighted by Gasteiger charge is 2.22. The summed E-state index contributed by atoms with van der Waals surface area (Å²) in [6.07, 6.45) is 2.34. The first-order valence-corrected chi connectivity index (χ1v) is 7.05. The van der Waals surface area contributed by atoms with Crippen molar-refractivity contribution >= 4 is 11.6 Å². The second-order valence-corrected chi connectivity index (χ2v) is 6.31. The van der Waals surface area contributed by atoms with Gasteiger partial charge in [0.1, 0.15) is 0 Å². The summed E-state index contributed by atoms with van der Waals surface area (Å²) in [7, 11) is 0. The van der Waals surface area contributed by atoms with Gasteiger partial charge in [0.2, 0.25) is 0 Å². The molecule has 104 valence electrons. The largest absolute Gasteiger partial charge is 0.393 e. The van der Waals surface area contributed by atoms with Gasteiger partial charge in [0.05, 0.1) is 22.5 Å². The van der Waals surface area contributed by atoms with Crippen molar-refractivity contribution < 1.29 is 5.11 Å². The number of aryl methyl sites for hydroxylation is 2. The number of hydrogen-bond acceptors (Lipinski definition) is 2. The molecule has 0 radical (unpaired) electrons. The van der Waals surface area contributed by atoms with Crippen LogP contribution in [0, 0.1) is 12.3 Å². The summed E-state index contributed by atoms with van der Waals surface area (Å²) in [5, 5.41) is 15.2. The maximum atomic E-state index is 10.0. The van der Waals surface area contributed by atoms with Gasteiger partial charge >= 0.3 is 0 Å². The fourth-order valence-electron chi connectivity index (χ4n) is 2.00. The van der Waals surface area contributed by atoms with Gasteiger partial charge in [-0.3, -0.25) is 4.68 Å². The van der Waals surface area contributed by atoms with Crippen molar-refractivity contribution in [1.82, 2.24) is 9.78 Å². The van der Waals surface area contributed by atoms with Gasteiger partial charge in [-0.2, -0.15) is 5.10 Å². The van der Waals surface area contributed by atoms with Crippen LogP contribution in [0.5, 0.6) is 0 Å². The monoisotopic (exact) mass is 272 g/mol. The Kier molecular flexibility index (Phi) is 5.23. The molecular weight excluding hydrogens is 248 g/mol. The van der Waals surface area contributed by atoms with Gasteiger partial charge in [-0.05, 0) is 38.5 Å². The number of aliphatic hydroxyl groups is 1. The third-order valence-corrected chi connectivity index (χ3v) is 3.84. The molecule has 1 aromatic heterocycles. The molecule has 0 spiro atoms. The molecule has 0 aliphatic heterocycles. The van der Waals surface area contributed by atoms with Crippen LogP contribution >= 0.6 is 11.6 Å². The van der Waals surface area contributed by atoms with E-state index in [4.69, 9.17) is 11.6 Å². The van der Waals surface area contributed by atoms with Crippen LogP contribution in [0.3, 0.4) is 0 Å². The smallest absolute Gasteiger partial charge is 0.0847 e. The predicted octanol–water partition coefficient (Wildman–Crippen LogP) is 3.59. The number of aliphatic hydroxyl groups excluding tert-OH is 1. The molecule has 0 aliphatic rings. The molecule has 1 aromatic rings. The molecule has 1 unspecified atom stereocenters. The van der Waals surface area contributed by atoms with Crippen molar-refractivity contribution in [3.63, 3.8) is 0 Å². The summed E-state index contributed by atoms with van der Waals surface area (Å²) in [5.74, 6) is 0. The summed E-state index contributed by atoms with van der Waals surface area (Å²) < 4.78 is 1.96. The van der Waals surface area contributed by atoms with Crippen LogP contribution in [0.1, 0.15) is 51.9 Å². The first-order valence-electron chi connectivity index (χ1n) is 6.67. The SMILES string of the molecule is CCn1nc(C)c(Cl)c1CCCC(O)C(C)(C)C. The van der Waals surface area contributed by atoms with Gasteiger partial charge in [0, 0.05) is 6.54 Å². The van der Waals surface area contributed by atoms with Crippen LogP contribution in [0.25, 0.3) is 0 Å². The highest BCUT2D eigenvalue weighted by Crippen LogP contribution is 2.25. The van der Waals surface area contributed by atoms with E-state index in [2.05, 4.69) is 32.8 Å². The summed E-state index contributed by atoms with van der Waals surface area (Å²) in [6.45, 7) is 11.0. The molecule has 0 amide bonds. The lowest BCUT2D eigenvalue weighted by Gasteiger charge is -2.25. The van der Waals surface area contributed by atoms with Crippen LogP contribution in [-0.4, -0.2) is 21.0 Å². The molecule has 0 saturated heterocycles. The number of rotatable bonds is 5. The Morgan fingerprint density at radius 1 is 1.39 bits per heavy atom. The Labute approximate surface area is 115 Å². The molecule has 3 nitrogen and oxygen atoms in total. The normalized spacial score (nSPS) is 13.9. The second kappa shape index (κ2) is 6.07. The lowest BCUT2D eigenvalue weighted by Crippen LogP contribution is -2.25. The van der Waals surface area contributed by atoms with Crippen LogP contribution in [0.15, 0.2) is 0 Å². The molecule has 0 bridgehead atoms. The second-order valence-electron chi connectivity index (χ2n) is 5.94. The number of aromatic nitrogens is 2. The van der Waals surface area contributed by atoms with Gasteiger partial charge in [0.15, 0.2) is 0 Å². The summed E-state index contributed by atoms with van der Waals surface area (Å²) in [5.41, 5.74) is 1.94. The molecule has 0 saturated carbocycles. The van der Waals surface area contributed by atoms with Gasteiger partial charge in [-0.15, -0.1) is 0 Å². The number of hydrogen-bond donors (Lipinski definition) is 1. The standard InChI is InChI=1S/C14H25ClN2O/c1-6-17-11(13(15)10(2)16-17)8-7-9-12(18)14(3,4)5/h12,18H,6-9H2,1-5H3. The summed E-state index contributed by atoms with van der Waals surface area (Å²) in [6, 6.07) is 0. The molecule has 18 heavy (non-hydrogen) atoms. The van der Waals surface area contributed by atoms with Crippen molar-refractivity contribution in [1.29, 1.82) is 0 Å². The molecule has 0 fully saturated rings. The van der Waals surface area contributed by atoms with E-state index in [0.29, 0.717) is 0 Å².